The normalized spacial score (nSPS) is 9.83. The maximum atomic E-state index is 4.23. The van der Waals surface area contributed by atoms with E-state index in [1.807, 2.05) is 24.7 Å². The minimum Gasteiger partial charge on any atom is -0.330 e. The van der Waals surface area contributed by atoms with Crippen molar-refractivity contribution in [1.82, 2.24) is 9.55 Å². The summed E-state index contributed by atoms with van der Waals surface area (Å²) >= 11 is 0. The summed E-state index contributed by atoms with van der Waals surface area (Å²) in [6.07, 6.45) is 7.51. The zero-order chi connectivity index (χ0) is 19.4. The standard InChI is InChI=1S/C14H18N2.C12H10.ClH/c1-2-3-9-14-10-15-12-16(14)11-13-7-5-4-6-8-13;1-3-7-11(8-4-1)12-9-5-2-6-10-12;/h4-8,10,12H,2-3,9,11H2,1H3;1-10H;1H. The average molecular weight is 405 g/mol. The molecule has 29 heavy (non-hydrogen) atoms. The van der Waals surface area contributed by atoms with Crippen molar-refractivity contribution in [1.29, 1.82) is 0 Å². The van der Waals surface area contributed by atoms with Crippen molar-refractivity contribution in [2.24, 2.45) is 0 Å². The van der Waals surface area contributed by atoms with E-state index in [9.17, 15) is 0 Å². The quantitative estimate of drug-likeness (QED) is 0.336. The summed E-state index contributed by atoms with van der Waals surface area (Å²) in [5.41, 5.74) is 5.22. The molecule has 4 rings (SSSR count). The lowest BCUT2D eigenvalue weighted by atomic mass is 10.1. The van der Waals surface area contributed by atoms with Gasteiger partial charge in [-0.15, -0.1) is 12.4 Å². The summed E-state index contributed by atoms with van der Waals surface area (Å²) in [7, 11) is 0. The molecule has 0 aliphatic heterocycles. The fraction of sp³-hybridized carbons (Fsp3) is 0.192. The Hall–Kier alpha value is -2.84. The predicted molar refractivity (Wildman–Crippen MR) is 126 cm³/mol. The molecule has 1 heterocycles. The molecule has 3 heteroatoms. The van der Waals surface area contributed by atoms with E-state index in [0.717, 1.165) is 13.0 Å². The van der Waals surface area contributed by atoms with Gasteiger partial charge in [-0.1, -0.05) is 104 Å². The van der Waals surface area contributed by atoms with Crippen molar-refractivity contribution < 1.29 is 0 Å². The van der Waals surface area contributed by atoms with E-state index in [1.54, 1.807) is 0 Å². The van der Waals surface area contributed by atoms with Crippen LogP contribution in [0.15, 0.2) is 104 Å². The molecule has 0 aliphatic carbocycles. The molecule has 0 bridgehead atoms. The first kappa shape index (κ1) is 22.4. The number of aromatic nitrogens is 2. The van der Waals surface area contributed by atoms with E-state index in [0.29, 0.717) is 0 Å². The summed E-state index contributed by atoms with van der Waals surface area (Å²) < 4.78 is 2.24. The second kappa shape index (κ2) is 12.6. The summed E-state index contributed by atoms with van der Waals surface area (Å²) in [5.74, 6) is 0. The van der Waals surface area contributed by atoms with Crippen LogP contribution in [-0.2, 0) is 13.0 Å². The SMILES string of the molecule is CCCCc1cncn1Cc1ccccc1.Cl.c1ccc(-c2ccccc2)cc1. The van der Waals surface area contributed by atoms with Gasteiger partial charge in [-0.2, -0.15) is 0 Å². The van der Waals surface area contributed by atoms with Crippen LogP contribution in [0.1, 0.15) is 31.0 Å². The monoisotopic (exact) mass is 404 g/mol. The van der Waals surface area contributed by atoms with Gasteiger partial charge in [-0.3, -0.25) is 0 Å². The third-order valence-corrected chi connectivity index (χ3v) is 4.66. The van der Waals surface area contributed by atoms with Gasteiger partial charge in [-0.05, 0) is 29.5 Å². The maximum absolute atomic E-state index is 4.23. The van der Waals surface area contributed by atoms with Gasteiger partial charge in [0.15, 0.2) is 0 Å². The molecule has 0 radical (unpaired) electrons. The van der Waals surface area contributed by atoms with Gasteiger partial charge in [0, 0.05) is 18.4 Å². The molecule has 0 fully saturated rings. The Labute approximate surface area is 180 Å². The first-order chi connectivity index (χ1) is 13.9. The smallest absolute Gasteiger partial charge is 0.0951 e. The van der Waals surface area contributed by atoms with Crippen LogP contribution >= 0.6 is 12.4 Å². The zero-order valence-electron chi connectivity index (χ0n) is 16.9. The molecule has 4 aromatic rings. The number of rotatable bonds is 6. The molecule has 2 nitrogen and oxygen atoms in total. The fourth-order valence-electron chi connectivity index (χ4n) is 3.10. The lowest BCUT2D eigenvalue weighted by Crippen LogP contribution is -2.03. The van der Waals surface area contributed by atoms with E-state index in [1.165, 1.54) is 35.2 Å². The third kappa shape index (κ3) is 7.24. The van der Waals surface area contributed by atoms with Crippen molar-refractivity contribution in [3.8, 4) is 11.1 Å². The Balaban J connectivity index is 0.000000207. The Morgan fingerprint density at radius 2 is 1.24 bits per heavy atom. The molecule has 0 unspecified atom stereocenters. The summed E-state index contributed by atoms with van der Waals surface area (Å²) in [6, 6.07) is 31.3. The number of benzene rings is 3. The second-order valence-corrected chi connectivity index (χ2v) is 6.83. The van der Waals surface area contributed by atoms with Crippen LogP contribution in [0.3, 0.4) is 0 Å². The van der Waals surface area contributed by atoms with Crippen molar-refractivity contribution in [2.45, 2.75) is 32.7 Å². The van der Waals surface area contributed by atoms with Gasteiger partial charge in [0.1, 0.15) is 0 Å². The van der Waals surface area contributed by atoms with Crippen molar-refractivity contribution in [3.63, 3.8) is 0 Å². The van der Waals surface area contributed by atoms with Crippen LogP contribution in [0.25, 0.3) is 11.1 Å². The molecule has 0 aliphatic rings. The molecule has 0 amide bonds. The lowest BCUT2D eigenvalue weighted by molar-refractivity contribution is 0.696. The summed E-state index contributed by atoms with van der Waals surface area (Å²) in [4.78, 5) is 4.23. The van der Waals surface area contributed by atoms with Gasteiger partial charge in [0.2, 0.25) is 0 Å². The highest BCUT2D eigenvalue weighted by atomic mass is 35.5. The van der Waals surface area contributed by atoms with Crippen LogP contribution in [0.4, 0.5) is 0 Å². The highest BCUT2D eigenvalue weighted by Crippen LogP contribution is 2.17. The van der Waals surface area contributed by atoms with Crippen LogP contribution in [0.2, 0.25) is 0 Å². The molecule has 0 N–H and O–H groups in total. The summed E-state index contributed by atoms with van der Waals surface area (Å²) in [6.45, 7) is 3.15. The molecule has 0 saturated heterocycles. The third-order valence-electron chi connectivity index (χ3n) is 4.66. The minimum absolute atomic E-state index is 0. The van der Waals surface area contributed by atoms with E-state index < -0.39 is 0 Å². The Kier molecular flexibility index (Phi) is 9.74. The van der Waals surface area contributed by atoms with Crippen molar-refractivity contribution in [3.05, 3.63) is 115 Å². The van der Waals surface area contributed by atoms with Gasteiger partial charge >= 0.3 is 0 Å². The number of aryl methyl sites for hydroxylation is 1. The van der Waals surface area contributed by atoms with Crippen molar-refractivity contribution in [2.75, 3.05) is 0 Å². The number of nitrogens with zero attached hydrogens (tertiary/aromatic N) is 2. The predicted octanol–water partition coefficient (Wildman–Crippen LogP) is 7.05. The molecule has 0 atom stereocenters. The Morgan fingerprint density at radius 1 is 0.724 bits per heavy atom. The molecule has 150 valence electrons. The van der Waals surface area contributed by atoms with Gasteiger partial charge < -0.3 is 4.57 Å². The largest absolute Gasteiger partial charge is 0.330 e. The molecular formula is C26H29ClN2. The number of hydrogen-bond acceptors (Lipinski definition) is 1. The number of imidazole rings is 1. The van der Waals surface area contributed by atoms with E-state index in [4.69, 9.17) is 0 Å². The summed E-state index contributed by atoms with van der Waals surface area (Å²) in [5, 5.41) is 0. The second-order valence-electron chi connectivity index (χ2n) is 6.83. The van der Waals surface area contributed by atoms with E-state index >= 15 is 0 Å². The van der Waals surface area contributed by atoms with Crippen LogP contribution < -0.4 is 0 Å². The van der Waals surface area contributed by atoms with Crippen LogP contribution in [0.5, 0.6) is 0 Å². The number of halogens is 1. The Bertz CT molecular complexity index is 881. The van der Waals surface area contributed by atoms with Gasteiger partial charge in [-0.25, -0.2) is 4.98 Å². The average Bonchev–Trinajstić information content (AvgIpc) is 3.21. The highest BCUT2D eigenvalue weighted by Gasteiger charge is 2.01. The van der Waals surface area contributed by atoms with Crippen LogP contribution in [-0.4, -0.2) is 9.55 Å². The highest BCUT2D eigenvalue weighted by molar-refractivity contribution is 5.85. The fourth-order valence-corrected chi connectivity index (χ4v) is 3.10. The molecule has 0 saturated carbocycles. The van der Waals surface area contributed by atoms with Crippen LogP contribution in [0, 0.1) is 0 Å². The molecule has 3 aromatic carbocycles. The Morgan fingerprint density at radius 3 is 1.76 bits per heavy atom. The minimum atomic E-state index is 0. The zero-order valence-corrected chi connectivity index (χ0v) is 17.8. The number of unbranched alkanes of at least 4 members (excludes halogenated alkanes) is 1. The lowest BCUT2D eigenvalue weighted by Gasteiger charge is -2.07. The maximum Gasteiger partial charge on any atom is 0.0951 e. The van der Waals surface area contributed by atoms with Gasteiger partial charge in [0.05, 0.1) is 6.33 Å². The van der Waals surface area contributed by atoms with Crippen molar-refractivity contribution >= 4 is 12.4 Å². The van der Waals surface area contributed by atoms with E-state index in [2.05, 4.69) is 95.3 Å². The molecule has 0 spiro atoms. The number of hydrogen-bond donors (Lipinski definition) is 0. The molecule has 1 aromatic heterocycles. The molecular weight excluding hydrogens is 376 g/mol. The van der Waals surface area contributed by atoms with Gasteiger partial charge in [0.25, 0.3) is 0 Å². The topological polar surface area (TPSA) is 17.8 Å². The first-order valence-corrected chi connectivity index (χ1v) is 10.00. The van der Waals surface area contributed by atoms with E-state index in [-0.39, 0.29) is 12.4 Å². The first-order valence-electron chi connectivity index (χ1n) is 10.00.